The Morgan fingerprint density at radius 3 is 2.47 bits per heavy atom. The lowest BCUT2D eigenvalue weighted by Gasteiger charge is -2.18. The van der Waals surface area contributed by atoms with Gasteiger partial charge in [0.05, 0.1) is 6.61 Å². The first-order valence-corrected chi connectivity index (χ1v) is 5.72. The van der Waals surface area contributed by atoms with E-state index in [0.29, 0.717) is 0 Å². The maximum absolute atomic E-state index is 11.3. The molecular weight excluding hydrogens is 194 g/mol. The summed E-state index contributed by atoms with van der Waals surface area (Å²) < 4.78 is 5.22. The second kappa shape index (κ2) is 8.68. The van der Waals surface area contributed by atoms with Gasteiger partial charge in [0, 0.05) is 0 Å². The molecule has 4 nitrogen and oxygen atoms in total. The van der Waals surface area contributed by atoms with E-state index in [1.165, 1.54) is 0 Å². The molecule has 1 unspecified atom stereocenters. The third-order valence-electron chi connectivity index (χ3n) is 2.27. The fourth-order valence-corrected chi connectivity index (χ4v) is 1.34. The molecule has 15 heavy (non-hydrogen) atoms. The standard InChI is InChI=1S/C11H23NO3/c1-3-5-7-9(6-4-2)15-11(14)10(12)8-13/h9-10,13H,3-8,12H2,1-2H3/t9?,10-/m0/s1. The molecule has 0 aliphatic rings. The van der Waals surface area contributed by atoms with Gasteiger partial charge < -0.3 is 15.6 Å². The van der Waals surface area contributed by atoms with Crippen LogP contribution in [0.3, 0.4) is 0 Å². The van der Waals surface area contributed by atoms with Gasteiger partial charge in [-0.1, -0.05) is 33.1 Å². The number of rotatable bonds is 8. The van der Waals surface area contributed by atoms with Gasteiger partial charge in [0.1, 0.15) is 12.1 Å². The normalized spacial score (nSPS) is 14.7. The van der Waals surface area contributed by atoms with Crippen molar-refractivity contribution in [2.75, 3.05) is 6.61 Å². The van der Waals surface area contributed by atoms with Crippen LogP contribution < -0.4 is 5.73 Å². The van der Waals surface area contributed by atoms with Crippen molar-refractivity contribution in [2.45, 2.75) is 58.1 Å². The number of aliphatic hydroxyl groups excluding tert-OH is 1. The van der Waals surface area contributed by atoms with Crippen LogP contribution in [0.2, 0.25) is 0 Å². The molecule has 0 saturated heterocycles. The summed E-state index contributed by atoms with van der Waals surface area (Å²) in [5.74, 6) is -0.493. The topological polar surface area (TPSA) is 72.5 Å². The van der Waals surface area contributed by atoms with E-state index in [4.69, 9.17) is 15.6 Å². The number of carbonyl (C=O) groups excluding carboxylic acids is 1. The maximum Gasteiger partial charge on any atom is 0.325 e. The molecule has 90 valence electrons. The number of esters is 1. The fourth-order valence-electron chi connectivity index (χ4n) is 1.34. The molecule has 0 aromatic carbocycles. The number of ether oxygens (including phenoxy) is 1. The van der Waals surface area contributed by atoms with E-state index >= 15 is 0 Å². The third kappa shape index (κ3) is 6.47. The molecule has 0 aromatic rings. The van der Waals surface area contributed by atoms with Crippen molar-refractivity contribution in [1.29, 1.82) is 0 Å². The van der Waals surface area contributed by atoms with Crippen molar-refractivity contribution in [3.8, 4) is 0 Å². The van der Waals surface area contributed by atoms with Crippen LogP contribution in [0.15, 0.2) is 0 Å². The molecule has 0 aliphatic heterocycles. The lowest BCUT2D eigenvalue weighted by Crippen LogP contribution is -2.37. The minimum Gasteiger partial charge on any atom is -0.461 e. The number of unbranched alkanes of at least 4 members (excludes halogenated alkanes) is 1. The third-order valence-corrected chi connectivity index (χ3v) is 2.27. The molecule has 0 rings (SSSR count). The number of hydrogen-bond donors (Lipinski definition) is 2. The van der Waals surface area contributed by atoms with Gasteiger partial charge in [-0.15, -0.1) is 0 Å². The second-order valence-corrected chi connectivity index (χ2v) is 3.78. The van der Waals surface area contributed by atoms with Gasteiger partial charge >= 0.3 is 5.97 Å². The molecule has 0 spiro atoms. The van der Waals surface area contributed by atoms with E-state index < -0.39 is 12.0 Å². The van der Waals surface area contributed by atoms with Crippen molar-refractivity contribution in [2.24, 2.45) is 5.73 Å². The molecule has 0 radical (unpaired) electrons. The average molecular weight is 217 g/mol. The molecule has 0 amide bonds. The summed E-state index contributed by atoms with van der Waals surface area (Å²) in [5.41, 5.74) is 5.37. The van der Waals surface area contributed by atoms with Crippen molar-refractivity contribution in [3.05, 3.63) is 0 Å². The smallest absolute Gasteiger partial charge is 0.325 e. The number of hydrogen-bond acceptors (Lipinski definition) is 4. The molecular formula is C11H23NO3. The first kappa shape index (κ1) is 14.4. The maximum atomic E-state index is 11.3. The summed E-state index contributed by atoms with van der Waals surface area (Å²) in [4.78, 5) is 11.3. The van der Waals surface area contributed by atoms with Crippen LogP contribution in [0.4, 0.5) is 0 Å². The highest BCUT2D eigenvalue weighted by molar-refractivity contribution is 5.75. The Balaban J connectivity index is 3.97. The quantitative estimate of drug-likeness (QED) is 0.599. The van der Waals surface area contributed by atoms with Crippen LogP contribution >= 0.6 is 0 Å². The molecule has 0 saturated carbocycles. The summed E-state index contributed by atoms with van der Waals surface area (Å²) in [5, 5.41) is 8.70. The number of aliphatic hydroxyl groups is 1. The summed E-state index contributed by atoms with van der Waals surface area (Å²) in [6, 6.07) is -0.897. The van der Waals surface area contributed by atoms with Gasteiger partial charge in [0.25, 0.3) is 0 Å². The Hall–Kier alpha value is -0.610. The summed E-state index contributed by atoms with van der Waals surface area (Å²) in [7, 11) is 0. The summed E-state index contributed by atoms with van der Waals surface area (Å²) in [6.45, 7) is 3.80. The van der Waals surface area contributed by atoms with E-state index in [0.717, 1.165) is 32.1 Å². The van der Waals surface area contributed by atoms with Crippen molar-refractivity contribution < 1.29 is 14.6 Å². The lowest BCUT2D eigenvalue weighted by molar-refractivity contribution is -0.152. The van der Waals surface area contributed by atoms with Gasteiger partial charge in [-0.2, -0.15) is 0 Å². The van der Waals surface area contributed by atoms with Crippen LogP contribution in [0.25, 0.3) is 0 Å². The van der Waals surface area contributed by atoms with Crippen molar-refractivity contribution >= 4 is 5.97 Å². The first-order chi connectivity index (χ1) is 7.15. The zero-order chi connectivity index (χ0) is 11.7. The Morgan fingerprint density at radius 1 is 1.33 bits per heavy atom. The molecule has 0 bridgehead atoms. The summed E-state index contributed by atoms with van der Waals surface area (Å²) in [6.07, 6.45) is 4.82. The molecule has 0 heterocycles. The van der Waals surface area contributed by atoms with Crippen LogP contribution in [-0.4, -0.2) is 29.8 Å². The number of carbonyl (C=O) groups is 1. The van der Waals surface area contributed by atoms with E-state index in [2.05, 4.69) is 13.8 Å². The molecule has 0 aromatic heterocycles. The number of nitrogens with two attached hydrogens (primary N) is 1. The highest BCUT2D eigenvalue weighted by Gasteiger charge is 2.18. The monoisotopic (exact) mass is 217 g/mol. The fraction of sp³-hybridized carbons (Fsp3) is 0.909. The van der Waals surface area contributed by atoms with Gasteiger partial charge in [0.15, 0.2) is 0 Å². The van der Waals surface area contributed by atoms with Crippen molar-refractivity contribution in [1.82, 2.24) is 0 Å². The van der Waals surface area contributed by atoms with Gasteiger partial charge in [0.2, 0.25) is 0 Å². The lowest BCUT2D eigenvalue weighted by atomic mass is 10.1. The molecule has 3 N–H and O–H groups in total. The Bertz CT molecular complexity index is 173. The zero-order valence-corrected chi connectivity index (χ0v) is 9.74. The predicted molar refractivity (Wildman–Crippen MR) is 59.4 cm³/mol. The Kier molecular flexibility index (Phi) is 8.33. The van der Waals surface area contributed by atoms with Crippen LogP contribution in [0.5, 0.6) is 0 Å². The molecule has 4 heteroatoms. The van der Waals surface area contributed by atoms with Crippen molar-refractivity contribution in [3.63, 3.8) is 0 Å². The largest absolute Gasteiger partial charge is 0.461 e. The summed E-state index contributed by atoms with van der Waals surface area (Å²) >= 11 is 0. The van der Waals surface area contributed by atoms with E-state index in [1.807, 2.05) is 0 Å². The van der Waals surface area contributed by atoms with Gasteiger partial charge in [-0.05, 0) is 12.8 Å². The van der Waals surface area contributed by atoms with Gasteiger partial charge in [-0.3, -0.25) is 4.79 Å². The SMILES string of the molecule is CCCCC(CCC)OC(=O)[C@@H](N)CO. The minimum atomic E-state index is -0.897. The van der Waals surface area contributed by atoms with E-state index in [9.17, 15) is 4.79 Å². The first-order valence-electron chi connectivity index (χ1n) is 5.72. The zero-order valence-electron chi connectivity index (χ0n) is 9.74. The van der Waals surface area contributed by atoms with Crippen LogP contribution in [0.1, 0.15) is 46.0 Å². The van der Waals surface area contributed by atoms with Crippen LogP contribution in [-0.2, 0) is 9.53 Å². The molecule has 0 fully saturated rings. The molecule has 2 atom stereocenters. The minimum absolute atomic E-state index is 0.0416. The van der Waals surface area contributed by atoms with E-state index in [1.54, 1.807) is 0 Å². The predicted octanol–water partition coefficient (Wildman–Crippen LogP) is 1.21. The molecule has 0 aliphatic carbocycles. The van der Waals surface area contributed by atoms with E-state index in [-0.39, 0.29) is 12.7 Å². The highest BCUT2D eigenvalue weighted by atomic mass is 16.5. The second-order valence-electron chi connectivity index (χ2n) is 3.78. The van der Waals surface area contributed by atoms with Crippen LogP contribution in [0, 0.1) is 0 Å². The highest BCUT2D eigenvalue weighted by Crippen LogP contribution is 2.11. The Labute approximate surface area is 91.8 Å². The Morgan fingerprint density at radius 2 is 2.00 bits per heavy atom. The van der Waals surface area contributed by atoms with Gasteiger partial charge in [-0.25, -0.2) is 0 Å². The average Bonchev–Trinajstić information content (AvgIpc) is 2.24.